The van der Waals surface area contributed by atoms with Crippen LogP contribution in [0.5, 0.6) is 0 Å². The Labute approximate surface area is 218 Å². The average Bonchev–Trinajstić information content (AvgIpc) is 2.85. The summed E-state index contributed by atoms with van der Waals surface area (Å²) in [6.07, 6.45) is -4.80. The Kier molecular flexibility index (Phi) is 10.8. The minimum atomic E-state index is -1.58. The van der Waals surface area contributed by atoms with Gasteiger partial charge < -0.3 is 33.7 Å². The van der Waals surface area contributed by atoms with Crippen molar-refractivity contribution in [1.82, 2.24) is 5.32 Å². The first-order valence-electron chi connectivity index (χ1n) is 11.4. The van der Waals surface area contributed by atoms with Crippen LogP contribution in [0.2, 0.25) is 0 Å². The molecule has 0 radical (unpaired) electrons. The van der Waals surface area contributed by atoms with Crippen molar-refractivity contribution < 1.29 is 57.2 Å². The third-order valence-corrected chi connectivity index (χ3v) is 5.05. The molecule has 1 amide bonds. The summed E-state index contributed by atoms with van der Waals surface area (Å²) in [4.78, 5) is 72.8. The first-order chi connectivity index (χ1) is 17.9. The first kappa shape index (κ1) is 29.8. The van der Waals surface area contributed by atoms with Gasteiger partial charge in [-0.25, -0.2) is 4.79 Å². The molecule has 0 fully saturated rings. The van der Waals surface area contributed by atoms with Crippen molar-refractivity contribution in [3.05, 3.63) is 47.7 Å². The van der Waals surface area contributed by atoms with Crippen LogP contribution in [0.4, 0.5) is 0 Å². The van der Waals surface area contributed by atoms with Crippen molar-refractivity contribution in [2.75, 3.05) is 13.7 Å². The fourth-order valence-corrected chi connectivity index (χ4v) is 3.62. The number of ether oxygens (including phenoxy) is 6. The molecule has 0 saturated carbocycles. The maximum Gasteiger partial charge on any atom is 0.373 e. The molecule has 0 bridgehead atoms. The van der Waals surface area contributed by atoms with Crippen LogP contribution in [0.25, 0.3) is 0 Å². The van der Waals surface area contributed by atoms with E-state index in [1.54, 1.807) is 18.2 Å². The van der Waals surface area contributed by atoms with Gasteiger partial charge in [0.2, 0.25) is 5.76 Å². The predicted octanol–water partition coefficient (Wildman–Crippen LogP) is 0.599. The smallest absolute Gasteiger partial charge is 0.373 e. The molecular weight excluding hydrogens is 506 g/mol. The minimum Gasteiger partial charge on any atom is -0.475 e. The SMILES string of the molecule is COC(=O)C1=C[C@@H](NC(=O)c2ccccc2)[C@@H](OC(C)=O)[C@H]([C@H](OC(C)=O)[C@@H](COC(C)=O)OC(C)=O)O1. The summed E-state index contributed by atoms with van der Waals surface area (Å²) >= 11 is 0. The monoisotopic (exact) mass is 535 g/mol. The summed E-state index contributed by atoms with van der Waals surface area (Å²) in [5.41, 5.74) is 0.259. The number of carbonyl (C=O) groups excluding carboxylic acids is 6. The molecular formula is C25H29NO12. The van der Waals surface area contributed by atoms with Gasteiger partial charge >= 0.3 is 29.8 Å². The third-order valence-electron chi connectivity index (χ3n) is 5.05. The number of amides is 1. The zero-order valence-corrected chi connectivity index (χ0v) is 21.5. The fraction of sp³-hybridized carbons (Fsp3) is 0.440. The molecule has 206 valence electrons. The topological polar surface area (TPSA) is 170 Å². The van der Waals surface area contributed by atoms with Crippen molar-refractivity contribution in [3.8, 4) is 0 Å². The first-order valence-corrected chi connectivity index (χ1v) is 11.4. The molecule has 1 aromatic carbocycles. The van der Waals surface area contributed by atoms with E-state index < -0.39 is 78.6 Å². The van der Waals surface area contributed by atoms with E-state index in [9.17, 15) is 28.8 Å². The second-order valence-corrected chi connectivity index (χ2v) is 8.07. The molecule has 1 aliphatic rings. The molecule has 1 N–H and O–H groups in total. The van der Waals surface area contributed by atoms with Crippen LogP contribution in [-0.2, 0) is 52.4 Å². The maximum absolute atomic E-state index is 13.0. The quantitative estimate of drug-likeness (QED) is 0.327. The number of hydrogen-bond acceptors (Lipinski definition) is 12. The molecule has 1 aromatic rings. The van der Waals surface area contributed by atoms with Crippen LogP contribution in [-0.4, -0.2) is 79.9 Å². The molecule has 0 aliphatic carbocycles. The Morgan fingerprint density at radius 1 is 0.895 bits per heavy atom. The second-order valence-electron chi connectivity index (χ2n) is 8.07. The van der Waals surface area contributed by atoms with Gasteiger partial charge in [-0.3, -0.25) is 24.0 Å². The van der Waals surface area contributed by atoms with Gasteiger partial charge in [-0.2, -0.15) is 0 Å². The summed E-state index contributed by atoms with van der Waals surface area (Å²) in [6.45, 7) is 3.75. The number of hydrogen-bond donors (Lipinski definition) is 1. The minimum absolute atomic E-state index is 0.259. The number of rotatable bonds is 10. The van der Waals surface area contributed by atoms with Gasteiger partial charge in [0.15, 0.2) is 24.4 Å². The van der Waals surface area contributed by atoms with Crippen LogP contribution >= 0.6 is 0 Å². The van der Waals surface area contributed by atoms with Crippen molar-refractivity contribution in [2.45, 2.75) is 58.2 Å². The lowest BCUT2D eigenvalue weighted by Gasteiger charge is -2.41. The molecule has 0 spiro atoms. The summed E-state index contributed by atoms with van der Waals surface area (Å²) in [5.74, 6) is -5.17. The molecule has 13 heteroatoms. The predicted molar refractivity (Wildman–Crippen MR) is 126 cm³/mol. The van der Waals surface area contributed by atoms with Crippen LogP contribution in [0.1, 0.15) is 38.1 Å². The highest BCUT2D eigenvalue weighted by Crippen LogP contribution is 2.29. The number of nitrogens with one attached hydrogen (secondary N) is 1. The number of methoxy groups -OCH3 is 1. The molecule has 13 nitrogen and oxygen atoms in total. The maximum atomic E-state index is 13.0. The van der Waals surface area contributed by atoms with E-state index in [1.807, 2.05) is 0 Å². The van der Waals surface area contributed by atoms with E-state index in [2.05, 4.69) is 5.32 Å². The lowest BCUT2D eigenvalue weighted by atomic mass is 9.93. The Balaban J connectivity index is 2.60. The van der Waals surface area contributed by atoms with E-state index in [1.165, 1.54) is 18.2 Å². The van der Waals surface area contributed by atoms with E-state index in [0.717, 1.165) is 34.8 Å². The van der Waals surface area contributed by atoms with Crippen LogP contribution in [0.3, 0.4) is 0 Å². The van der Waals surface area contributed by atoms with Crippen molar-refractivity contribution >= 4 is 35.8 Å². The standard InChI is InChI=1S/C25H29NO12/c1-13(27)34-12-20(35-14(2)28)22(37-16(4)30)23-21(36-15(3)29)18(11-19(38-23)25(32)33-5)26-24(31)17-9-7-6-8-10-17/h6-11,18,20-23H,12H2,1-5H3,(H,26,31)/t18-,20-,21-,22-,23-/m1/s1. The summed E-state index contributed by atoms with van der Waals surface area (Å²) in [7, 11) is 1.09. The lowest BCUT2D eigenvalue weighted by molar-refractivity contribution is -0.200. The van der Waals surface area contributed by atoms with E-state index in [0.29, 0.717) is 0 Å². The third kappa shape index (κ3) is 8.61. The van der Waals surface area contributed by atoms with Gasteiger partial charge in [0.1, 0.15) is 6.61 Å². The Bertz CT molecular complexity index is 1080. The van der Waals surface area contributed by atoms with Gasteiger partial charge in [0, 0.05) is 33.3 Å². The van der Waals surface area contributed by atoms with E-state index in [4.69, 9.17) is 28.4 Å². The lowest BCUT2D eigenvalue weighted by Crippen LogP contribution is -2.60. The Morgan fingerprint density at radius 3 is 2.05 bits per heavy atom. The molecule has 1 aliphatic heterocycles. The zero-order chi connectivity index (χ0) is 28.4. The molecule has 0 unspecified atom stereocenters. The van der Waals surface area contributed by atoms with Crippen LogP contribution in [0.15, 0.2) is 42.2 Å². The highest BCUT2D eigenvalue weighted by Gasteiger charge is 2.49. The van der Waals surface area contributed by atoms with Gasteiger partial charge in [0.05, 0.1) is 13.2 Å². The second kappa shape index (κ2) is 13.8. The van der Waals surface area contributed by atoms with E-state index in [-0.39, 0.29) is 5.56 Å². The van der Waals surface area contributed by atoms with Gasteiger partial charge in [0.25, 0.3) is 5.91 Å². The molecule has 2 rings (SSSR count). The average molecular weight is 536 g/mol. The van der Waals surface area contributed by atoms with Gasteiger partial charge in [-0.15, -0.1) is 0 Å². The summed E-state index contributed by atoms with van der Waals surface area (Å²) in [5, 5.41) is 2.65. The van der Waals surface area contributed by atoms with Gasteiger partial charge in [-0.05, 0) is 18.2 Å². The van der Waals surface area contributed by atoms with Crippen LogP contribution in [0, 0.1) is 0 Å². The Hall–Kier alpha value is -4.42. The largest absolute Gasteiger partial charge is 0.475 e. The molecule has 1 heterocycles. The van der Waals surface area contributed by atoms with E-state index >= 15 is 0 Å². The van der Waals surface area contributed by atoms with Crippen LogP contribution < -0.4 is 5.32 Å². The van der Waals surface area contributed by atoms with Crippen molar-refractivity contribution in [3.63, 3.8) is 0 Å². The van der Waals surface area contributed by atoms with Crippen molar-refractivity contribution in [2.24, 2.45) is 0 Å². The number of esters is 5. The highest BCUT2D eigenvalue weighted by atomic mass is 16.6. The Morgan fingerprint density at radius 2 is 1.53 bits per heavy atom. The number of carbonyl (C=O) groups is 6. The fourth-order valence-electron chi connectivity index (χ4n) is 3.62. The summed E-state index contributed by atoms with van der Waals surface area (Å²) < 4.78 is 31.5. The molecule has 38 heavy (non-hydrogen) atoms. The van der Waals surface area contributed by atoms with Gasteiger partial charge in [-0.1, -0.05) is 18.2 Å². The number of benzene rings is 1. The van der Waals surface area contributed by atoms with Crippen molar-refractivity contribution in [1.29, 1.82) is 0 Å². The summed E-state index contributed by atoms with van der Waals surface area (Å²) in [6, 6.07) is 6.85. The molecule has 5 atom stereocenters. The molecule has 0 aromatic heterocycles. The highest BCUT2D eigenvalue weighted by molar-refractivity contribution is 5.95. The zero-order valence-electron chi connectivity index (χ0n) is 21.5. The molecule has 0 saturated heterocycles. The normalized spacial score (nSPS) is 19.8.